The molecule has 0 bridgehead atoms. The fraction of sp³-hybridized carbons (Fsp3) is 0.118. The lowest BCUT2D eigenvalue weighted by atomic mass is 10.1. The van der Waals surface area contributed by atoms with E-state index >= 15 is 0 Å². The molecule has 0 unspecified atom stereocenters. The molecule has 0 aromatic heterocycles. The molecule has 0 aliphatic carbocycles. The molecule has 0 aliphatic rings. The summed E-state index contributed by atoms with van der Waals surface area (Å²) in [5.74, 6) is -1.19. The minimum absolute atomic E-state index is 0.00504. The second-order valence-electron chi connectivity index (χ2n) is 9.57. The van der Waals surface area contributed by atoms with Crippen molar-refractivity contribution in [1.29, 1.82) is 0 Å². The van der Waals surface area contributed by atoms with E-state index in [4.69, 9.17) is 21.1 Å². The summed E-state index contributed by atoms with van der Waals surface area (Å²) < 4.78 is 11.2. The van der Waals surface area contributed by atoms with Crippen molar-refractivity contribution in [3.63, 3.8) is 0 Å². The molecule has 4 rings (SSSR count). The van der Waals surface area contributed by atoms with Gasteiger partial charge in [-0.1, -0.05) is 54.1 Å². The molecule has 0 fully saturated rings. The highest BCUT2D eigenvalue weighted by Crippen LogP contribution is 2.29. The maximum atomic E-state index is 13.2. The largest absolute Gasteiger partial charge is 0.490 e. The molecule has 9 nitrogen and oxygen atoms in total. The van der Waals surface area contributed by atoms with Crippen LogP contribution in [0.5, 0.6) is 11.5 Å². The van der Waals surface area contributed by atoms with Crippen molar-refractivity contribution in [3.8, 4) is 11.5 Å². The number of hydrogen-bond donors (Lipinski definition) is 2. The molecule has 44 heavy (non-hydrogen) atoms. The minimum Gasteiger partial charge on any atom is -0.490 e. The number of benzene rings is 4. The minimum atomic E-state index is -0.627. The van der Waals surface area contributed by atoms with Gasteiger partial charge in [0.2, 0.25) is 0 Å². The van der Waals surface area contributed by atoms with Crippen molar-refractivity contribution in [1.82, 2.24) is 10.7 Å². The standard InChI is InChI=1S/C34H31ClN4O5/c1-4-43-31-21-24(16-19-30(31)44-34(42)27-12-8-9-13-28(27)35)22-36-38-33(41)29(37-32(40)25-10-6-5-7-11-25)20-23-14-17-26(18-15-23)39(2)3/h5-22H,4H2,1-3H3,(H,37,40)(H,38,41)/b29-20+,36-22+. The van der Waals surface area contributed by atoms with Crippen LogP contribution in [0.1, 0.15) is 38.8 Å². The zero-order valence-corrected chi connectivity index (χ0v) is 25.2. The van der Waals surface area contributed by atoms with Crippen LogP contribution in [0.4, 0.5) is 5.69 Å². The molecule has 0 spiro atoms. The van der Waals surface area contributed by atoms with E-state index in [0.29, 0.717) is 29.0 Å². The SMILES string of the molecule is CCOc1cc(/C=N/NC(=O)/C(=C\c2ccc(N(C)C)cc2)NC(=O)c2ccccc2)ccc1OC(=O)c1ccccc1Cl. The number of carbonyl (C=O) groups is 3. The number of ether oxygens (including phenoxy) is 2. The van der Waals surface area contributed by atoms with Gasteiger partial charge in [-0.3, -0.25) is 9.59 Å². The quantitative estimate of drug-likeness (QED) is 0.0715. The molecule has 4 aromatic carbocycles. The monoisotopic (exact) mass is 610 g/mol. The number of anilines is 1. The van der Waals surface area contributed by atoms with Crippen molar-refractivity contribution in [3.05, 3.63) is 130 Å². The Balaban J connectivity index is 1.51. The van der Waals surface area contributed by atoms with Crippen LogP contribution in [-0.4, -0.2) is 44.7 Å². The maximum Gasteiger partial charge on any atom is 0.345 e. The van der Waals surface area contributed by atoms with Crippen LogP contribution in [0.2, 0.25) is 5.02 Å². The molecule has 0 heterocycles. The Bertz CT molecular complexity index is 1690. The highest BCUT2D eigenvalue weighted by atomic mass is 35.5. The van der Waals surface area contributed by atoms with E-state index in [1.165, 1.54) is 6.21 Å². The van der Waals surface area contributed by atoms with E-state index < -0.39 is 17.8 Å². The predicted molar refractivity (Wildman–Crippen MR) is 172 cm³/mol. The molecular formula is C34H31ClN4O5. The number of amides is 2. The normalized spacial score (nSPS) is 11.1. The van der Waals surface area contributed by atoms with Crippen LogP contribution < -0.4 is 25.1 Å². The van der Waals surface area contributed by atoms with Crippen LogP contribution in [0.15, 0.2) is 108 Å². The lowest BCUT2D eigenvalue weighted by Gasteiger charge is -2.13. The summed E-state index contributed by atoms with van der Waals surface area (Å²) in [6.45, 7) is 2.12. The molecule has 0 atom stereocenters. The topological polar surface area (TPSA) is 109 Å². The zero-order valence-electron chi connectivity index (χ0n) is 24.4. The number of nitrogens with one attached hydrogen (secondary N) is 2. The molecule has 224 valence electrons. The number of hydrazone groups is 1. The summed E-state index contributed by atoms with van der Waals surface area (Å²) in [5.41, 5.74) is 5.35. The molecule has 0 aliphatic heterocycles. The predicted octanol–water partition coefficient (Wildman–Crippen LogP) is 5.95. The number of esters is 1. The van der Waals surface area contributed by atoms with Gasteiger partial charge in [-0.25, -0.2) is 10.2 Å². The molecular weight excluding hydrogens is 580 g/mol. The summed E-state index contributed by atoms with van der Waals surface area (Å²) >= 11 is 6.13. The third kappa shape index (κ3) is 8.56. The fourth-order valence-corrected chi connectivity index (χ4v) is 4.16. The molecule has 4 aromatic rings. The molecule has 0 saturated carbocycles. The van der Waals surface area contributed by atoms with E-state index in [0.717, 1.165) is 5.69 Å². The Kier molecular flexibility index (Phi) is 10.9. The second-order valence-corrected chi connectivity index (χ2v) is 9.98. The Morgan fingerprint density at radius 1 is 0.864 bits per heavy atom. The molecule has 0 saturated heterocycles. The van der Waals surface area contributed by atoms with E-state index in [1.54, 1.807) is 85.8 Å². The summed E-state index contributed by atoms with van der Waals surface area (Å²) in [6, 6.07) is 27.5. The van der Waals surface area contributed by atoms with Gasteiger partial charge in [0.1, 0.15) is 5.70 Å². The highest BCUT2D eigenvalue weighted by Gasteiger charge is 2.17. The van der Waals surface area contributed by atoms with E-state index in [9.17, 15) is 14.4 Å². The Labute approximate surface area is 260 Å². The second kappa shape index (κ2) is 15.2. The van der Waals surface area contributed by atoms with Crippen LogP contribution in [0.3, 0.4) is 0 Å². The van der Waals surface area contributed by atoms with Gasteiger partial charge in [0, 0.05) is 25.3 Å². The molecule has 10 heteroatoms. The number of hydrogen-bond acceptors (Lipinski definition) is 7. The summed E-state index contributed by atoms with van der Waals surface area (Å²) in [5, 5.41) is 7.02. The summed E-state index contributed by atoms with van der Waals surface area (Å²) in [7, 11) is 3.86. The van der Waals surface area contributed by atoms with Crippen LogP contribution in [-0.2, 0) is 4.79 Å². The average molecular weight is 611 g/mol. The van der Waals surface area contributed by atoms with Gasteiger partial charge in [-0.05, 0) is 78.7 Å². The third-order valence-corrected chi connectivity index (χ3v) is 6.52. The van der Waals surface area contributed by atoms with Crippen LogP contribution in [0, 0.1) is 0 Å². The molecule has 0 radical (unpaired) electrons. The fourth-order valence-electron chi connectivity index (χ4n) is 3.94. The van der Waals surface area contributed by atoms with Crippen molar-refractivity contribution >= 4 is 47.4 Å². The van der Waals surface area contributed by atoms with Crippen molar-refractivity contribution in [2.75, 3.05) is 25.6 Å². The van der Waals surface area contributed by atoms with Crippen molar-refractivity contribution < 1.29 is 23.9 Å². The Morgan fingerprint density at radius 2 is 1.55 bits per heavy atom. The summed E-state index contributed by atoms with van der Waals surface area (Å²) in [6.07, 6.45) is 2.98. The summed E-state index contributed by atoms with van der Waals surface area (Å²) in [4.78, 5) is 40.7. The van der Waals surface area contributed by atoms with Gasteiger partial charge >= 0.3 is 5.97 Å². The van der Waals surface area contributed by atoms with E-state index in [-0.39, 0.29) is 22.0 Å². The molecule has 2 amide bonds. The van der Waals surface area contributed by atoms with E-state index in [2.05, 4.69) is 15.8 Å². The number of nitrogens with zero attached hydrogens (tertiary/aromatic N) is 2. The van der Waals surface area contributed by atoms with Gasteiger partial charge in [0.25, 0.3) is 11.8 Å². The maximum absolute atomic E-state index is 13.2. The lowest BCUT2D eigenvalue weighted by molar-refractivity contribution is -0.117. The van der Waals surface area contributed by atoms with Gasteiger partial charge in [-0.2, -0.15) is 5.10 Å². The van der Waals surface area contributed by atoms with Gasteiger partial charge in [0.05, 0.1) is 23.4 Å². The Morgan fingerprint density at radius 3 is 2.23 bits per heavy atom. The zero-order chi connectivity index (χ0) is 31.5. The lowest BCUT2D eigenvalue weighted by Crippen LogP contribution is -2.32. The number of rotatable bonds is 11. The van der Waals surface area contributed by atoms with Gasteiger partial charge in [0.15, 0.2) is 11.5 Å². The van der Waals surface area contributed by atoms with Crippen molar-refractivity contribution in [2.45, 2.75) is 6.92 Å². The van der Waals surface area contributed by atoms with Crippen LogP contribution >= 0.6 is 11.6 Å². The number of halogens is 1. The van der Waals surface area contributed by atoms with Gasteiger partial charge in [-0.15, -0.1) is 0 Å². The first-order valence-corrected chi connectivity index (χ1v) is 14.1. The van der Waals surface area contributed by atoms with Gasteiger partial charge < -0.3 is 19.7 Å². The smallest absolute Gasteiger partial charge is 0.345 e. The first kappa shape index (κ1) is 31.5. The third-order valence-electron chi connectivity index (χ3n) is 6.19. The first-order chi connectivity index (χ1) is 21.2. The van der Waals surface area contributed by atoms with E-state index in [1.807, 2.05) is 43.3 Å². The Hall–Kier alpha value is -5.41. The van der Waals surface area contributed by atoms with Crippen LogP contribution in [0.25, 0.3) is 6.08 Å². The number of carbonyl (C=O) groups excluding carboxylic acids is 3. The van der Waals surface area contributed by atoms with Crippen molar-refractivity contribution in [2.24, 2.45) is 5.10 Å². The average Bonchev–Trinajstić information content (AvgIpc) is 3.02. The first-order valence-electron chi connectivity index (χ1n) is 13.7. The molecule has 2 N–H and O–H groups in total. The highest BCUT2D eigenvalue weighted by molar-refractivity contribution is 6.33.